The van der Waals surface area contributed by atoms with Gasteiger partial charge in [0.15, 0.2) is 0 Å². The van der Waals surface area contributed by atoms with Gasteiger partial charge in [-0.25, -0.2) is 4.98 Å². The van der Waals surface area contributed by atoms with Crippen LogP contribution < -0.4 is 9.80 Å². The van der Waals surface area contributed by atoms with Gasteiger partial charge < -0.3 is 4.74 Å². The minimum atomic E-state index is -0.355. The Morgan fingerprint density at radius 1 is 1.36 bits per heavy atom. The second-order valence-electron chi connectivity index (χ2n) is 5.59. The van der Waals surface area contributed by atoms with Crippen molar-refractivity contribution in [1.29, 1.82) is 5.41 Å². The second kappa shape index (κ2) is 6.66. The van der Waals surface area contributed by atoms with E-state index < -0.39 is 0 Å². The summed E-state index contributed by atoms with van der Waals surface area (Å²) in [6.07, 6.45) is 2.02. The van der Waals surface area contributed by atoms with Crippen molar-refractivity contribution in [2.75, 3.05) is 5.06 Å². The van der Waals surface area contributed by atoms with E-state index in [-0.39, 0.29) is 12.1 Å². The predicted molar refractivity (Wildman–Crippen MR) is 93.8 cm³/mol. The third-order valence-electron chi connectivity index (χ3n) is 3.74. The molecule has 0 fully saturated rings. The van der Waals surface area contributed by atoms with Crippen LogP contribution in [0.5, 0.6) is 5.75 Å². The summed E-state index contributed by atoms with van der Waals surface area (Å²) in [5, 5.41) is 22.1. The molecule has 0 saturated carbocycles. The van der Waals surface area contributed by atoms with E-state index in [0.717, 1.165) is 16.8 Å². The number of rotatable bonds is 5. The number of anilines is 1. The van der Waals surface area contributed by atoms with Crippen molar-refractivity contribution >= 4 is 29.7 Å². The second-order valence-corrected chi connectivity index (χ2v) is 6.03. The highest BCUT2D eigenvalue weighted by molar-refractivity contribution is 6.30. The molecule has 130 valence electrons. The zero-order valence-electron chi connectivity index (χ0n) is 13.9. The van der Waals surface area contributed by atoms with Crippen LogP contribution in [-0.2, 0) is 0 Å². The first-order valence-corrected chi connectivity index (χ1v) is 7.92. The van der Waals surface area contributed by atoms with Gasteiger partial charge in [-0.1, -0.05) is 11.6 Å². The lowest BCUT2D eigenvalue weighted by Gasteiger charge is -2.19. The Labute approximate surface area is 149 Å². The standard InChI is InChI=1S/C16H17ClN6O2/c1-9-6-12(17)4-5-13(9)25-11(3)14-10(2)7-19-15-20-16(21-23(14)15)22(24)8-18/h4-8,11,18,24H,1-3H3. The SMILES string of the molecule is Cc1cc(Cl)ccc1OC(C)c1c(C)cnc2nc(N(O)C=N)nn12. The van der Waals surface area contributed by atoms with Gasteiger partial charge in [0, 0.05) is 11.2 Å². The predicted octanol–water partition coefficient (Wildman–Crippen LogP) is 3.34. The number of nitrogens with zero attached hydrogens (tertiary/aromatic N) is 5. The molecule has 9 heteroatoms. The van der Waals surface area contributed by atoms with E-state index in [1.165, 1.54) is 4.52 Å². The lowest BCUT2D eigenvalue weighted by Crippen LogP contribution is -2.16. The van der Waals surface area contributed by atoms with Crippen LogP contribution in [-0.4, -0.2) is 31.1 Å². The lowest BCUT2D eigenvalue weighted by molar-refractivity contribution is 0.216. The van der Waals surface area contributed by atoms with Crippen LogP contribution in [0.1, 0.15) is 29.8 Å². The van der Waals surface area contributed by atoms with Gasteiger partial charge in [-0.05, 0) is 50.1 Å². The van der Waals surface area contributed by atoms with E-state index in [0.29, 0.717) is 28.0 Å². The summed E-state index contributed by atoms with van der Waals surface area (Å²) >= 11 is 5.99. The molecule has 1 atom stereocenters. The minimum Gasteiger partial charge on any atom is -0.484 e. The third kappa shape index (κ3) is 3.26. The molecule has 8 nitrogen and oxygen atoms in total. The van der Waals surface area contributed by atoms with Crippen LogP contribution in [0.2, 0.25) is 5.02 Å². The summed E-state index contributed by atoms with van der Waals surface area (Å²) < 4.78 is 7.58. The number of hydrogen-bond donors (Lipinski definition) is 2. The molecule has 3 aromatic rings. The van der Waals surface area contributed by atoms with E-state index in [2.05, 4.69) is 15.1 Å². The van der Waals surface area contributed by atoms with E-state index in [1.807, 2.05) is 32.9 Å². The summed E-state index contributed by atoms with van der Waals surface area (Å²) in [5.41, 5.74) is 2.53. The van der Waals surface area contributed by atoms with Gasteiger partial charge in [-0.2, -0.15) is 14.6 Å². The average Bonchev–Trinajstić information content (AvgIpc) is 3.00. The Balaban J connectivity index is 2.02. The fourth-order valence-corrected chi connectivity index (χ4v) is 2.79. The first-order chi connectivity index (χ1) is 11.9. The zero-order valence-corrected chi connectivity index (χ0v) is 14.7. The first-order valence-electron chi connectivity index (χ1n) is 7.54. The number of fused-ring (bicyclic) bond motifs is 1. The molecule has 0 spiro atoms. The molecule has 0 saturated heterocycles. The summed E-state index contributed by atoms with van der Waals surface area (Å²) in [6, 6.07) is 5.42. The Kier molecular flexibility index (Phi) is 4.56. The van der Waals surface area contributed by atoms with Crippen LogP contribution in [0.3, 0.4) is 0 Å². The van der Waals surface area contributed by atoms with E-state index >= 15 is 0 Å². The van der Waals surface area contributed by atoms with Crippen molar-refractivity contribution in [2.45, 2.75) is 26.9 Å². The molecule has 0 radical (unpaired) electrons. The highest BCUT2D eigenvalue weighted by Crippen LogP contribution is 2.28. The molecule has 0 amide bonds. The quantitative estimate of drug-likeness (QED) is 0.411. The molecule has 1 aromatic carbocycles. The summed E-state index contributed by atoms with van der Waals surface area (Å²) in [4.78, 5) is 8.30. The Morgan fingerprint density at radius 2 is 2.12 bits per heavy atom. The molecule has 2 heterocycles. The summed E-state index contributed by atoms with van der Waals surface area (Å²) in [7, 11) is 0. The molecular formula is C16H17ClN6O2. The Hall–Kier alpha value is -2.71. The molecule has 3 rings (SSSR count). The first kappa shape index (κ1) is 17.1. The number of benzene rings is 1. The Bertz CT molecular complexity index is 942. The van der Waals surface area contributed by atoms with Crippen molar-refractivity contribution < 1.29 is 9.94 Å². The lowest BCUT2D eigenvalue weighted by atomic mass is 10.1. The monoisotopic (exact) mass is 360 g/mol. The van der Waals surface area contributed by atoms with E-state index in [4.69, 9.17) is 21.7 Å². The number of hydrogen-bond acceptors (Lipinski definition) is 6. The van der Waals surface area contributed by atoms with Gasteiger partial charge in [0.1, 0.15) is 18.2 Å². The number of halogens is 1. The number of nitrogens with one attached hydrogen (secondary N) is 1. The fraction of sp³-hybridized carbons (Fsp3) is 0.250. The highest BCUT2D eigenvalue weighted by Gasteiger charge is 2.20. The number of aryl methyl sites for hydroxylation is 2. The molecule has 0 bridgehead atoms. The van der Waals surface area contributed by atoms with Crippen LogP contribution in [0.15, 0.2) is 24.4 Å². The maximum absolute atomic E-state index is 9.61. The summed E-state index contributed by atoms with van der Waals surface area (Å²) in [6.45, 7) is 5.71. The van der Waals surface area contributed by atoms with Crippen LogP contribution >= 0.6 is 11.6 Å². The van der Waals surface area contributed by atoms with Crippen molar-refractivity contribution in [1.82, 2.24) is 19.6 Å². The largest absolute Gasteiger partial charge is 0.484 e. The van der Waals surface area contributed by atoms with Crippen LogP contribution in [0.4, 0.5) is 5.95 Å². The molecule has 1 unspecified atom stereocenters. The number of aromatic nitrogens is 4. The third-order valence-corrected chi connectivity index (χ3v) is 3.97. The fourth-order valence-electron chi connectivity index (χ4n) is 2.57. The minimum absolute atomic E-state index is 0.0378. The normalized spacial score (nSPS) is 12.2. The van der Waals surface area contributed by atoms with Gasteiger partial charge in [-0.15, -0.1) is 5.10 Å². The number of ether oxygens (including phenoxy) is 1. The van der Waals surface area contributed by atoms with Crippen molar-refractivity contribution in [3.8, 4) is 5.75 Å². The number of hydroxylamine groups is 1. The van der Waals surface area contributed by atoms with Gasteiger partial charge in [0.2, 0.25) is 0 Å². The molecule has 0 aliphatic heterocycles. The average molecular weight is 361 g/mol. The molecule has 2 N–H and O–H groups in total. The smallest absolute Gasteiger partial charge is 0.276 e. The molecule has 0 aliphatic carbocycles. The topological polar surface area (TPSA) is 99.6 Å². The molecule has 2 aromatic heterocycles. The molecule has 25 heavy (non-hydrogen) atoms. The van der Waals surface area contributed by atoms with Gasteiger partial charge in [0.25, 0.3) is 11.7 Å². The van der Waals surface area contributed by atoms with Crippen molar-refractivity contribution in [3.05, 3.63) is 46.2 Å². The van der Waals surface area contributed by atoms with Crippen molar-refractivity contribution in [2.24, 2.45) is 0 Å². The molecule has 0 aliphatic rings. The molecular weight excluding hydrogens is 344 g/mol. The van der Waals surface area contributed by atoms with Gasteiger partial charge >= 0.3 is 0 Å². The zero-order chi connectivity index (χ0) is 18.1. The maximum Gasteiger partial charge on any atom is 0.276 e. The van der Waals surface area contributed by atoms with Crippen LogP contribution in [0, 0.1) is 19.3 Å². The summed E-state index contributed by atoms with van der Waals surface area (Å²) in [5.74, 6) is 0.980. The van der Waals surface area contributed by atoms with Crippen LogP contribution in [0.25, 0.3) is 5.78 Å². The Morgan fingerprint density at radius 3 is 2.80 bits per heavy atom. The van der Waals surface area contributed by atoms with Gasteiger partial charge in [-0.3, -0.25) is 10.6 Å². The maximum atomic E-state index is 9.61. The van der Waals surface area contributed by atoms with Crippen molar-refractivity contribution in [3.63, 3.8) is 0 Å². The van der Waals surface area contributed by atoms with Gasteiger partial charge in [0.05, 0.1) is 5.69 Å². The van der Waals surface area contributed by atoms with E-state index in [1.54, 1.807) is 12.3 Å². The highest BCUT2D eigenvalue weighted by atomic mass is 35.5. The van der Waals surface area contributed by atoms with E-state index in [9.17, 15) is 5.21 Å².